The Kier molecular flexibility index (Phi) is 7.86. The molecule has 0 aliphatic heterocycles. The van der Waals surface area contributed by atoms with E-state index in [1.54, 1.807) is 12.1 Å². The summed E-state index contributed by atoms with van der Waals surface area (Å²) in [6, 6.07) is 25.4. The van der Waals surface area contributed by atoms with Gasteiger partial charge in [-0.1, -0.05) is 87.5 Å². The molecule has 1 heterocycles. The van der Waals surface area contributed by atoms with Crippen molar-refractivity contribution in [1.29, 1.82) is 0 Å². The molecule has 4 rings (SSSR count). The van der Waals surface area contributed by atoms with Gasteiger partial charge >= 0.3 is 0 Å². The summed E-state index contributed by atoms with van der Waals surface area (Å²) >= 11 is 1.52. The van der Waals surface area contributed by atoms with Crippen LogP contribution in [0.1, 0.15) is 37.4 Å². The van der Waals surface area contributed by atoms with Gasteiger partial charge in [0.1, 0.15) is 5.01 Å². The van der Waals surface area contributed by atoms with Gasteiger partial charge in [0, 0.05) is 22.0 Å². The molecule has 0 unspecified atom stereocenters. The number of thiazole rings is 1. The second-order valence-electron chi connectivity index (χ2n) is 9.56. The van der Waals surface area contributed by atoms with Gasteiger partial charge in [0.15, 0.2) is 0 Å². The van der Waals surface area contributed by atoms with Gasteiger partial charge in [-0.2, -0.15) is 0 Å². The van der Waals surface area contributed by atoms with Gasteiger partial charge < -0.3 is 5.32 Å². The molecule has 1 amide bonds. The predicted molar refractivity (Wildman–Crippen MR) is 147 cm³/mol. The molecule has 4 aromatic rings. The average Bonchev–Trinajstić information content (AvgIpc) is 3.35. The Morgan fingerprint density at radius 3 is 2.11 bits per heavy atom. The SMILES string of the molecule is CC(C)(C)C(=O)N[C@@H](Cc1ccc(N[SH](=O)=O)cc1)c1nc(-c2ccc(-c3ccccc3)cc2)cs1. The van der Waals surface area contributed by atoms with Crippen molar-refractivity contribution in [2.75, 3.05) is 4.72 Å². The fourth-order valence-corrected chi connectivity index (χ4v) is 4.91. The van der Waals surface area contributed by atoms with Crippen LogP contribution in [0.2, 0.25) is 0 Å². The summed E-state index contributed by atoms with van der Waals surface area (Å²) in [5.41, 5.74) is 5.11. The van der Waals surface area contributed by atoms with Crippen LogP contribution in [0.5, 0.6) is 0 Å². The molecule has 0 fully saturated rings. The number of carbonyl (C=O) groups excluding carboxylic acids is 1. The number of anilines is 1. The third-order valence-corrected chi connectivity index (χ3v) is 7.11. The maximum Gasteiger partial charge on any atom is 0.225 e. The van der Waals surface area contributed by atoms with Crippen LogP contribution in [-0.4, -0.2) is 19.3 Å². The Balaban J connectivity index is 1.57. The van der Waals surface area contributed by atoms with Crippen molar-refractivity contribution in [3.63, 3.8) is 0 Å². The van der Waals surface area contributed by atoms with Gasteiger partial charge in [-0.25, -0.2) is 13.4 Å². The van der Waals surface area contributed by atoms with E-state index in [2.05, 4.69) is 46.4 Å². The monoisotopic (exact) mass is 519 g/mol. The third-order valence-electron chi connectivity index (χ3n) is 5.71. The minimum Gasteiger partial charge on any atom is -0.346 e. The molecular formula is C28H29N3O3S2. The van der Waals surface area contributed by atoms with Crippen LogP contribution in [0.15, 0.2) is 84.2 Å². The lowest BCUT2D eigenvalue weighted by molar-refractivity contribution is -0.129. The lowest BCUT2D eigenvalue weighted by Gasteiger charge is -2.23. The largest absolute Gasteiger partial charge is 0.346 e. The fourth-order valence-electron chi connectivity index (χ4n) is 3.68. The molecule has 36 heavy (non-hydrogen) atoms. The van der Waals surface area contributed by atoms with E-state index in [1.165, 1.54) is 11.3 Å². The maximum absolute atomic E-state index is 12.9. The first-order chi connectivity index (χ1) is 17.2. The summed E-state index contributed by atoms with van der Waals surface area (Å²) in [6.45, 7) is 5.64. The molecule has 3 aromatic carbocycles. The van der Waals surface area contributed by atoms with E-state index in [0.717, 1.165) is 33.0 Å². The van der Waals surface area contributed by atoms with Gasteiger partial charge in [0.2, 0.25) is 16.8 Å². The molecule has 1 aromatic heterocycles. The first kappa shape index (κ1) is 25.6. The van der Waals surface area contributed by atoms with Crippen LogP contribution in [-0.2, 0) is 22.1 Å². The van der Waals surface area contributed by atoms with E-state index in [1.807, 2.05) is 56.5 Å². The first-order valence-corrected chi connectivity index (χ1v) is 13.7. The summed E-state index contributed by atoms with van der Waals surface area (Å²) in [5.74, 6) is -0.0573. The second kappa shape index (κ2) is 11.1. The van der Waals surface area contributed by atoms with E-state index in [4.69, 9.17) is 4.98 Å². The summed E-state index contributed by atoms with van der Waals surface area (Å²) in [7, 11) is -2.71. The Labute approximate surface area is 217 Å². The Morgan fingerprint density at radius 1 is 0.889 bits per heavy atom. The average molecular weight is 520 g/mol. The number of rotatable bonds is 8. The normalized spacial score (nSPS) is 12.3. The summed E-state index contributed by atoms with van der Waals surface area (Å²) < 4.78 is 24.2. The van der Waals surface area contributed by atoms with Crippen LogP contribution in [0.25, 0.3) is 22.4 Å². The highest BCUT2D eigenvalue weighted by molar-refractivity contribution is 7.73. The van der Waals surface area contributed by atoms with Crippen molar-refractivity contribution in [3.05, 3.63) is 94.8 Å². The second-order valence-corrected chi connectivity index (χ2v) is 11.2. The van der Waals surface area contributed by atoms with Gasteiger partial charge in [0.25, 0.3) is 0 Å². The number of thiol groups is 1. The number of nitrogens with zero attached hydrogens (tertiary/aromatic N) is 1. The van der Waals surface area contributed by atoms with Gasteiger partial charge in [-0.05, 0) is 35.2 Å². The molecule has 0 bridgehead atoms. The molecule has 2 N–H and O–H groups in total. The van der Waals surface area contributed by atoms with Crippen molar-refractivity contribution in [2.45, 2.75) is 33.2 Å². The van der Waals surface area contributed by atoms with Gasteiger partial charge in [-0.3, -0.25) is 9.52 Å². The molecule has 1 atom stereocenters. The molecule has 6 nitrogen and oxygen atoms in total. The van der Waals surface area contributed by atoms with E-state index >= 15 is 0 Å². The number of amides is 1. The number of aromatic nitrogens is 1. The molecule has 0 radical (unpaired) electrons. The molecule has 0 spiro atoms. The van der Waals surface area contributed by atoms with E-state index < -0.39 is 16.3 Å². The Hall–Kier alpha value is -3.49. The lowest BCUT2D eigenvalue weighted by atomic mass is 9.94. The quantitative estimate of drug-likeness (QED) is 0.254. The van der Waals surface area contributed by atoms with Crippen LogP contribution in [0.4, 0.5) is 5.69 Å². The molecule has 186 valence electrons. The molecule has 8 heteroatoms. The van der Waals surface area contributed by atoms with E-state index in [0.29, 0.717) is 12.1 Å². The number of nitrogens with one attached hydrogen (secondary N) is 2. The molecule has 0 aliphatic carbocycles. The number of benzene rings is 3. The number of carbonyl (C=O) groups is 1. The summed E-state index contributed by atoms with van der Waals surface area (Å²) in [4.78, 5) is 17.7. The molecule has 0 saturated heterocycles. The zero-order chi connectivity index (χ0) is 25.7. The van der Waals surface area contributed by atoms with Crippen LogP contribution >= 0.6 is 11.3 Å². The molecule has 0 saturated carbocycles. The smallest absolute Gasteiger partial charge is 0.225 e. The van der Waals surface area contributed by atoms with E-state index in [-0.39, 0.29) is 11.9 Å². The molecular weight excluding hydrogens is 490 g/mol. The highest BCUT2D eigenvalue weighted by Crippen LogP contribution is 2.30. The topological polar surface area (TPSA) is 88.2 Å². The predicted octanol–water partition coefficient (Wildman–Crippen LogP) is 5.86. The summed E-state index contributed by atoms with van der Waals surface area (Å²) in [5, 5.41) is 5.99. The standard InChI is InChI=1S/C28H29N3O3S2/c1-28(2,3)27(32)30-24(17-19-9-15-23(16-10-19)31-36(33)34)26-29-25(18-35-26)22-13-11-21(12-14-22)20-7-5-4-6-8-20/h4-16,18,24,36H,17H2,1-3H3,(H,30,32)(H,31,33,34)/t24-/m0/s1. The van der Waals surface area contributed by atoms with Crippen LogP contribution in [0, 0.1) is 5.41 Å². The zero-order valence-electron chi connectivity index (χ0n) is 20.4. The van der Waals surface area contributed by atoms with E-state index in [9.17, 15) is 13.2 Å². The zero-order valence-corrected chi connectivity index (χ0v) is 22.1. The highest BCUT2D eigenvalue weighted by atomic mass is 32.2. The third kappa shape index (κ3) is 6.59. The van der Waals surface area contributed by atoms with Gasteiger partial charge in [0.05, 0.1) is 11.7 Å². The number of hydrogen-bond acceptors (Lipinski definition) is 5. The fraction of sp³-hybridized carbons (Fsp3) is 0.214. The van der Waals surface area contributed by atoms with Crippen molar-refractivity contribution in [2.24, 2.45) is 5.41 Å². The lowest BCUT2D eigenvalue weighted by Crippen LogP contribution is -2.38. The first-order valence-electron chi connectivity index (χ1n) is 11.6. The van der Waals surface area contributed by atoms with Crippen LogP contribution < -0.4 is 10.0 Å². The Morgan fingerprint density at radius 2 is 1.50 bits per heavy atom. The maximum atomic E-state index is 12.9. The van der Waals surface area contributed by atoms with Gasteiger partial charge in [-0.15, -0.1) is 11.3 Å². The minimum absolute atomic E-state index is 0.0573. The van der Waals surface area contributed by atoms with Crippen molar-refractivity contribution in [1.82, 2.24) is 10.3 Å². The number of hydrogen-bond donors (Lipinski definition) is 3. The highest BCUT2D eigenvalue weighted by Gasteiger charge is 2.26. The summed E-state index contributed by atoms with van der Waals surface area (Å²) in [6.07, 6.45) is 0.533. The minimum atomic E-state index is -2.71. The molecule has 0 aliphatic rings. The van der Waals surface area contributed by atoms with Crippen LogP contribution in [0.3, 0.4) is 0 Å². The van der Waals surface area contributed by atoms with Crippen molar-refractivity contribution >= 4 is 33.8 Å². The van der Waals surface area contributed by atoms with Crippen molar-refractivity contribution < 1.29 is 13.2 Å². The van der Waals surface area contributed by atoms with Crippen molar-refractivity contribution in [3.8, 4) is 22.4 Å². The Bertz CT molecular complexity index is 1380.